The number of hydrogen-bond donors (Lipinski definition) is 1. The van der Waals surface area contributed by atoms with E-state index < -0.39 is 24.3 Å². The van der Waals surface area contributed by atoms with Crippen molar-refractivity contribution in [3.63, 3.8) is 0 Å². The second-order valence-corrected chi connectivity index (χ2v) is 7.65. The number of anilines is 1. The second-order valence-electron chi connectivity index (χ2n) is 6.74. The van der Waals surface area contributed by atoms with Gasteiger partial charge in [0.15, 0.2) is 6.61 Å². The molecule has 0 saturated heterocycles. The number of benzene rings is 1. The van der Waals surface area contributed by atoms with Crippen LogP contribution in [0.4, 0.5) is 10.1 Å². The molecule has 2 rings (SSSR count). The molecular weight excluding hydrogens is 417 g/mol. The van der Waals surface area contributed by atoms with Crippen molar-refractivity contribution < 1.29 is 18.7 Å². The van der Waals surface area contributed by atoms with Gasteiger partial charge in [0.05, 0.1) is 17.8 Å². The van der Waals surface area contributed by atoms with Gasteiger partial charge in [-0.05, 0) is 38.0 Å². The largest absolute Gasteiger partial charge is 0.455 e. The minimum Gasteiger partial charge on any atom is -0.455 e. The van der Waals surface area contributed by atoms with Crippen LogP contribution in [0.3, 0.4) is 0 Å². The highest BCUT2D eigenvalue weighted by atomic mass is 79.9. The summed E-state index contributed by atoms with van der Waals surface area (Å²) >= 11 is 3.14. The number of rotatable bonds is 7. The summed E-state index contributed by atoms with van der Waals surface area (Å²) in [5.41, 5.74) is 2.52. The molecule has 1 aromatic heterocycles. The highest BCUT2D eigenvalue weighted by molar-refractivity contribution is 9.10. The van der Waals surface area contributed by atoms with Gasteiger partial charge in [0, 0.05) is 22.3 Å². The number of aryl methyl sites for hydroxylation is 1. The van der Waals surface area contributed by atoms with Gasteiger partial charge >= 0.3 is 5.97 Å². The van der Waals surface area contributed by atoms with Gasteiger partial charge in [-0.2, -0.15) is 5.10 Å². The Hall–Kier alpha value is -2.22. The van der Waals surface area contributed by atoms with Crippen LogP contribution in [-0.2, 0) is 27.3 Å². The standard InChI is InChI=1S/C19H23BrFN3O3/c1-11(2)9-24-13(4)15(12(3)23-24)8-19(26)27-10-18(25)22-17-6-5-14(20)7-16(17)21/h5-7,11H,8-10H2,1-4H3,(H,22,25). The SMILES string of the molecule is Cc1nn(CC(C)C)c(C)c1CC(=O)OCC(=O)Nc1ccc(Br)cc1F. The van der Waals surface area contributed by atoms with Crippen molar-refractivity contribution in [1.82, 2.24) is 9.78 Å². The minimum absolute atomic E-state index is 0.0286. The van der Waals surface area contributed by atoms with E-state index in [-0.39, 0.29) is 12.1 Å². The maximum atomic E-state index is 13.7. The van der Waals surface area contributed by atoms with Crippen LogP contribution < -0.4 is 5.32 Å². The zero-order valence-corrected chi connectivity index (χ0v) is 17.4. The van der Waals surface area contributed by atoms with E-state index in [0.29, 0.717) is 10.4 Å². The number of halogens is 2. The summed E-state index contributed by atoms with van der Waals surface area (Å²) in [6.45, 7) is 8.23. The van der Waals surface area contributed by atoms with Gasteiger partial charge < -0.3 is 10.1 Å². The lowest BCUT2D eigenvalue weighted by Crippen LogP contribution is -2.22. The topological polar surface area (TPSA) is 73.2 Å². The van der Waals surface area contributed by atoms with Gasteiger partial charge in [-0.3, -0.25) is 14.3 Å². The van der Waals surface area contributed by atoms with Crippen LogP contribution >= 0.6 is 15.9 Å². The minimum atomic E-state index is -0.603. The van der Waals surface area contributed by atoms with Crippen molar-refractivity contribution in [2.24, 2.45) is 5.92 Å². The average Bonchev–Trinajstić information content (AvgIpc) is 2.82. The second kappa shape index (κ2) is 9.12. The molecule has 27 heavy (non-hydrogen) atoms. The number of hydrogen-bond acceptors (Lipinski definition) is 4. The molecular formula is C19H23BrFN3O3. The molecule has 0 aliphatic heterocycles. The van der Waals surface area contributed by atoms with E-state index in [1.54, 1.807) is 6.07 Å². The first-order chi connectivity index (χ1) is 12.7. The van der Waals surface area contributed by atoms with Crippen molar-refractivity contribution in [2.45, 2.75) is 40.7 Å². The molecule has 2 aromatic rings. The molecule has 0 saturated carbocycles. The first kappa shape index (κ1) is 21.1. The zero-order valence-electron chi connectivity index (χ0n) is 15.8. The zero-order chi connectivity index (χ0) is 20.1. The lowest BCUT2D eigenvalue weighted by Gasteiger charge is -2.09. The average molecular weight is 440 g/mol. The Kier molecular flexibility index (Phi) is 7.12. The summed E-state index contributed by atoms with van der Waals surface area (Å²) < 4.78 is 21.2. The third kappa shape index (κ3) is 5.89. The predicted octanol–water partition coefficient (Wildman–Crippen LogP) is 3.78. The lowest BCUT2D eigenvalue weighted by atomic mass is 10.1. The molecule has 1 N–H and O–H groups in total. The summed E-state index contributed by atoms with van der Waals surface area (Å²) in [5.74, 6) is -1.27. The summed E-state index contributed by atoms with van der Waals surface area (Å²) in [5, 5.41) is 6.83. The Morgan fingerprint density at radius 2 is 2.04 bits per heavy atom. The van der Waals surface area contributed by atoms with Gasteiger partial charge in [-0.25, -0.2) is 4.39 Å². The van der Waals surface area contributed by atoms with E-state index in [9.17, 15) is 14.0 Å². The number of nitrogens with one attached hydrogen (secondary N) is 1. The number of carbonyl (C=O) groups excluding carboxylic acids is 2. The molecule has 0 atom stereocenters. The number of aromatic nitrogens is 2. The highest BCUT2D eigenvalue weighted by Crippen LogP contribution is 2.19. The smallest absolute Gasteiger partial charge is 0.310 e. The molecule has 0 aliphatic carbocycles. The van der Waals surface area contributed by atoms with Gasteiger partial charge in [0.1, 0.15) is 5.82 Å². The molecule has 1 aromatic carbocycles. The predicted molar refractivity (Wildman–Crippen MR) is 104 cm³/mol. The molecule has 0 fully saturated rings. The van der Waals surface area contributed by atoms with Crippen molar-refractivity contribution in [3.8, 4) is 0 Å². The van der Waals surface area contributed by atoms with Crippen molar-refractivity contribution in [2.75, 3.05) is 11.9 Å². The summed E-state index contributed by atoms with van der Waals surface area (Å²) in [7, 11) is 0. The number of ether oxygens (including phenoxy) is 1. The fourth-order valence-electron chi connectivity index (χ4n) is 2.63. The first-order valence-electron chi connectivity index (χ1n) is 8.60. The van der Waals surface area contributed by atoms with Crippen LogP contribution in [0.25, 0.3) is 0 Å². The van der Waals surface area contributed by atoms with Crippen molar-refractivity contribution >= 4 is 33.5 Å². The van der Waals surface area contributed by atoms with E-state index in [0.717, 1.165) is 23.5 Å². The Morgan fingerprint density at radius 3 is 2.67 bits per heavy atom. The van der Waals surface area contributed by atoms with Crippen molar-refractivity contribution in [3.05, 3.63) is 45.4 Å². The fourth-order valence-corrected chi connectivity index (χ4v) is 2.97. The maximum Gasteiger partial charge on any atom is 0.310 e. The Labute approximate surface area is 166 Å². The quantitative estimate of drug-likeness (QED) is 0.666. The molecule has 1 heterocycles. The van der Waals surface area contributed by atoms with E-state index in [1.165, 1.54) is 12.1 Å². The molecule has 0 bridgehead atoms. The lowest BCUT2D eigenvalue weighted by molar-refractivity contribution is -0.146. The Bertz CT molecular complexity index is 849. The van der Waals surface area contributed by atoms with E-state index >= 15 is 0 Å². The number of amides is 1. The van der Waals surface area contributed by atoms with Gasteiger partial charge in [-0.15, -0.1) is 0 Å². The van der Waals surface area contributed by atoms with Gasteiger partial charge in [-0.1, -0.05) is 29.8 Å². The van der Waals surface area contributed by atoms with Gasteiger partial charge in [0.25, 0.3) is 5.91 Å². The summed E-state index contributed by atoms with van der Waals surface area (Å²) in [6.07, 6.45) is 0.0374. The molecule has 1 amide bonds. The van der Waals surface area contributed by atoms with Crippen LogP contribution in [0.2, 0.25) is 0 Å². The van der Waals surface area contributed by atoms with E-state index in [4.69, 9.17) is 4.74 Å². The third-order valence-corrected chi connectivity index (χ3v) is 4.45. The Morgan fingerprint density at radius 1 is 1.33 bits per heavy atom. The monoisotopic (exact) mass is 439 g/mol. The number of nitrogens with zero attached hydrogens (tertiary/aromatic N) is 2. The first-order valence-corrected chi connectivity index (χ1v) is 9.40. The molecule has 0 aliphatic rings. The highest BCUT2D eigenvalue weighted by Gasteiger charge is 2.17. The Balaban J connectivity index is 1.91. The van der Waals surface area contributed by atoms with Crippen LogP contribution in [0.15, 0.2) is 22.7 Å². The number of carbonyl (C=O) groups is 2. The molecule has 8 heteroatoms. The third-order valence-electron chi connectivity index (χ3n) is 3.96. The normalized spacial score (nSPS) is 10.9. The number of esters is 1. The van der Waals surface area contributed by atoms with Crippen LogP contribution in [0.5, 0.6) is 0 Å². The maximum absolute atomic E-state index is 13.7. The van der Waals surface area contributed by atoms with Crippen molar-refractivity contribution in [1.29, 1.82) is 0 Å². The van der Waals surface area contributed by atoms with E-state index in [2.05, 4.69) is 40.2 Å². The summed E-state index contributed by atoms with van der Waals surface area (Å²) in [6, 6.07) is 4.27. The fraction of sp³-hybridized carbons (Fsp3) is 0.421. The molecule has 6 nitrogen and oxygen atoms in total. The summed E-state index contributed by atoms with van der Waals surface area (Å²) in [4.78, 5) is 24.0. The van der Waals surface area contributed by atoms with Gasteiger partial charge in [0.2, 0.25) is 0 Å². The molecule has 146 valence electrons. The molecule has 0 spiro atoms. The molecule has 0 unspecified atom stereocenters. The van der Waals surface area contributed by atoms with E-state index in [1.807, 2.05) is 18.5 Å². The van der Waals surface area contributed by atoms with Crippen LogP contribution in [0.1, 0.15) is 30.8 Å². The van der Waals surface area contributed by atoms with Crippen LogP contribution in [0, 0.1) is 25.6 Å². The molecule has 0 radical (unpaired) electrons. The van der Waals surface area contributed by atoms with Crippen LogP contribution in [-0.4, -0.2) is 28.3 Å².